The summed E-state index contributed by atoms with van der Waals surface area (Å²) in [6.45, 7) is 0.240. The van der Waals surface area contributed by atoms with Gasteiger partial charge in [-0.05, 0) is 12.1 Å². The summed E-state index contributed by atoms with van der Waals surface area (Å²) in [7, 11) is 0. The van der Waals surface area contributed by atoms with Gasteiger partial charge in [-0.2, -0.15) is 0 Å². The SMILES string of the molecule is C#CCn1c(=O)c(N)cc2ccccc21. The minimum atomic E-state index is -0.230. The van der Waals surface area contributed by atoms with E-state index in [9.17, 15) is 4.79 Å². The summed E-state index contributed by atoms with van der Waals surface area (Å²) in [4.78, 5) is 11.7. The van der Waals surface area contributed by atoms with Crippen LogP contribution in [-0.4, -0.2) is 4.57 Å². The summed E-state index contributed by atoms with van der Waals surface area (Å²) >= 11 is 0. The number of nitrogen functional groups attached to an aromatic ring is 1. The predicted octanol–water partition coefficient (Wildman–Crippen LogP) is 1.22. The lowest BCUT2D eigenvalue weighted by atomic mass is 10.2. The lowest BCUT2D eigenvalue weighted by Crippen LogP contribution is -2.22. The van der Waals surface area contributed by atoms with Gasteiger partial charge in [-0.25, -0.2) is 0 Å². The van der Waals surface area contributed by atoms with Gasteiger partial charge in [0.2, 0.25) is 0 Å². The smallest absolute Gasteiger partial charge is 0.275 e. The van der Waals surface area contributed by atoms with Gasteiger partial charge in [0.05, 0.1) is 17.7 Å². The molecule has 3 nitrogen and oxygen atoms in total. The van der Waals surface area contributed by atoms with Crippen molar-refractivity contribution in [2.45, 2.75) is 6.54 Å². The zero-order valence-corrected chi connectivity index (χ0v) is 8.10. The maximum absolute atomic E-state index is 11.7. The normalized spacial score (nSPS) is 10.1. The molecule has 0 radical (unpaired) electrons. The van der Waals surface area contributed by atoms with Crippen molar-refractivity contribution >= 4 is 16.6 Å². The Bertz CT molecular complexity index is 605. The Labute approximate surface area is 87.1 Å². The molecule has 15 heavy (non-hydrogen) atoms. The van der Waals surface area contributed by atoms with Crippen molar-refractivity contribution in [2.24, 2.45) is 0 Å². The highest BCUT2D eigenvalue weighted by Crippen LogP contribution is 2.13. The molecule has 0 bridgehead atoms. The maximum atomic E-state index is 11.7. The van der Waals surface area contributed by atoms with Gasteiger partial charge in [0, 0.05) is 5.39 Å². The van der Waals surface area contributed by atoms with Gasteiger partial charge >= 0.3 is 0 Å². The van der Waals surface area contributed by atoms with E-state index < -0.39 is 0 Å². The molecule has 0 unspecified atom stereocenters. The van der Waals surface area contributed by atoms with Crippen LogP contribution >= 0.6 is 0 Å². The summed E-state index contributed by atoms with van der Waals surface area (Å²) in [5.74, 6) is 2.45. The number of terminal acetylenes is 1. The van der Waals surface area contributed by atoms with E-state index in [1.807, 2.05) is 24.3 Å². The minimum absolute atomic E-state index is 0.226. The molecule has 0 aliphatic heterocycles. The summed E-state index contributed by atoms with van der Waals surface area (Å²) in [6.07, 6.45) is 5.22. The fraction of sp³-hybridized carbons (Fsp3) is 0.0833. The van der Waals surface area contributed by atoms with Crippen LogP contribution in [0, 0.1) is 12.3 Å². The van der Waals surface area contributed by atoms with E-state index >= 15 is 0 Å². The van der Waals surface area contributed by atoms with Crippen LogP contribution in [-0.2, 0) is 6.54 Å². The molecule has 1 aromatic heterocycles. The lowest BCUT2D eigenvalue weighted by molar-refractivity contribution is 0.839. The Morgan fingerprint density at radius 2 is 2.13 bits per heavy atom. The van der Waals surface area contributed by atoms with E-state index in [2.05, 4.69) is 5.92 Å². The van der Waals surface area contributed by atoms with Crippen molar-refractivity contribution in [2.75, 3.05) is 5.73 Å². The van der Waals surface area contributed by atoms with Crippen molar-refractivity contribution in [1.29, 1.82) is 0 Å². The quantitative estimate of drug-likeness (QED) is 0.700. The molecule has 0 atom stereocenters. The number of nitrogens with zero attached hydrogens (tertiary/aromatic N) is 1. The first-order chi connectivity index (χ1) is 7.24. The number of hydrogen-bond donors (Lipinski definition) is 1. The first kappa shape index (κ1) is 9.35. The number of pyridine rings is 1. The van der Waals surface area contributed by atoms with Gasteiger partial charge in [0.25, 0.3) is 5.56 Å². The summed E-state index contributed by atoms with van der Waals surface area (Å²) in [5, 5.41) is 0.921. The van der Waals surface area contributed by atoms with Crippen LogP contribution in [0.4, 0.5) is 5.69 Å². The molecule has 74 valence electrons. The summed E-state index contributed by atoms with van der Waals surface area (Å²) < 4.78 is 1.50. The zero-order chi connectivity index (χ0) is 10.8. The Balaban J connectivity index is 2.90. The molecule has 0 fully saturated rings. The second-order valence-corrected chi connectivity index (χ2v) is 3.25. The average molecular weight is 198 g/mol. The fourth-order valence-corrected chi connectivity index (χ4v) is 1.60. The Kier molecular flexibility index (Phi) is 2.18. The van der Waals surface area contributed by atoms with E-state index in [4.69, 9.17) is 12.2 Å². The van der Waals surface area contributed by atoms with Crippen molar-refractivity contribution in [3.8, 4) is 12.3 Å². The molecule has 0 aliphatic rings. The van der Waals surface area contributed by atoms with Gasteiger partial charge in [-0.1, -0.05) is 24.1 Å². The highest BCUT2D eigenvalue weighted by molar-refractivity contribution is 5.81. The Hall–Kier alpha value is -2.21. The highest BCUT2D eigenvalue weighted by atomic mass is 16.1. The second-order valence-electron chi connectivity index (χ2n) is 3.25. The van der Waals surface area contributed by atoms with Crippen molar-refractivity contribution < 1.29 is 0 Å². The standard InChI is InChI=1S/C12H10N2O/c1-2-7-14-11-6-4-3-5-9(11)8-10(13)12(14)15/h1,3-6,8H,7,13H2. The van der Waals surface area contributed by atoms with Crippen molar-refractivity contribution in [3.63, 3.8) is 0 Å². The van der Waals surface area contributed by atoms with Crippen LogP contribution in [0.1, 0.15) is 0 Å². The fourth-order valence-electron chi connectivity index (χ4n) is 1.60. The molecule has 1 heterocycles. The zero-order valence-electron chi connectivity index (χ0n) is 8.10. The Morgan fingerprint density at radius 1 is 1.40 bits per heavy atom. The van der Waals surface area contributed by atoms with Crippen LogP contribution in [0.25, 0.3) is 10.9 Å². The molecule has 0 saturated carbocycles. The average Bonchev–Trinajstić information content (AvgIpc) is 2.25. The largest absolute Gasteiger partial charge is 0.394 e. The topological polar surface area (TPSA) is 48.0 Å². The van der Waals surface area contributed by atoms with E-state index in [0.717, 1.165) is 10.9 Å². The third-order valence-electron chi connectivity index (χ3n) is 2.28. The monoisotopic (exact) mass is 198 g/mol. The van der Waals surface area contributed by atoms with Gasteiger partial charge in [0.15, 0.2) is 0 Å². The van der Waals surface area contributed by atoms with Crippen LogP contribution in [0.3, 0.4) is 0 Å². The second kappa shape index (κ2) is 3.50. The number of nitrogens with two attached hydrogens (primary N) is 1. The molecule has 0 aliphatic carbocycles. The van der Waals surface area contributed by atoms with E-state index in [0.29, 0.717) is 0 Å². The molecule has 1 aromatic carbocycles. The molecule has 0 amide bonds. The number of hydrogen-bond acceptors (Lipinski definition) is 2. The first-order valence-corrected chi connectivity index (χ1v) is 4.55. The third-order valence-corrected chi connectivity index (χ3v) is 2.28. The van der Waals surface area contributed by atoms with Crippen LogP contribution in [0.5, 0.6) is 0 Å². The van der Waals surface area contributed by atoms with Gasteiger partial charge in [0.1, 0.15) is 0 Å². The molecular formula is C12H10N2O. The molecule has 0 spiro atoms. The van der Waals surface area contributed by atoms with E-state index in [-0.39, 0.29) is 17.8 Å². The van der Waals surface area contributed by atoms with Gasteiger partial charge in [-0.3, -0.25) is 9.36 Å². The maximum Gasteiger partial charge on any atom is 0.275 e. The lowest BCUT2D eigenvalue weighted by Gasteiger charge is -2.07. The van der Waals surface area contributed by atoms with Crippen LogP contribution in [0.15, 0.2) is 35.1 Å². The molecular weight excluding hydrogens is 188 g/mol. The molecule has 2 rings (SSSR count). The number of fused-ring (bicyclic) bond motifs is 1. The number of benzene rings is 1. The van der Waals surface area contributed by atoms with Crippen LogP contribution < -0.4 is 11.3 Å². The van der Waals surface area contributed by atoms with Gasteiger partial charge in [-0.15, -0.1) is 6.42 Å². The van der Waals surface area contributed by atoms with Crippen molar-refractivity contribution in [3.05, 3.63) is 40.7 Å². The minimum Gasteiger partial charge on any atom is -0.394 e. The highest BCUT2D eigenvalue weighted by Gasteiger charge is 2.04. The number of para-hydroxylation sites is 1. The predicted molar refractivity (Wildman–Crippen MR) is 61.5 cm³/mol. The third kappa shape index (κ3) is 1.46. The number of aromatic nitrogens is 1. The molecule has 2 N–H and O–H groups in total. The van der Waals surface area contributed by atoms with Gasteiger partial charge < -0.3 is 5.73 Å². The van der Waals surface area contributed by atoms with Crippen molar-refractivity contribution in [1.82, 2.24) is 4.57 Å². The van der Waals surface area contributed by atoms with Crippen LogP contribution in [0.2, 0.25) is 0 Å². The first-order valence-electron chi connectivity index (χ1n) is 4.55. The Morgan fingerprint density at radius 3 is 2.87 bits per heavy atom. The number of rotatable bonds is 1. The number of anilines is 1. The molecule has 3 heteroatoms. The molecule has 2 aromatic rings. The summed E-state index contributed by atoms with van der Waals surface area (Å²) in [5.41, 5.74) is 6.43. The summed E-state index contributed by atoms with van der Waals surface area (Å²) in [6, 6.07) is 9.19. The molecule has 0 saturated heterocycles. The van der Waals surface area contributed by atoms with E-state index in [1.165, 1.54) is 4.57 Å². The van der Waals surface area contributed by atoms with E-state index in [1.54, 1.807) is 6.07 Å².